The largest absolute Gasteiger partial charge is 0.465 e. The second-order valence-corrected chi connectivity index (χ2v) is 3.25. The summed E-state index contributed by atoms with van der Waals surface area (Å²) in [5, 5.41) is 13.2. The van der Waals surface area contributed by atoms with Crippen LogP contribution in [0.4, 0.5) is 10.5 Å². The third-order valence-electron chi connectivity index (χ3n) is 1.91. The van der Waals surface area contributed by atoms with Crippen LogP contribution in [0, 0.1) is 0 Å². The summed E-state index contributed by atoms with van der Waals surface area (Å²) < 4.78 is 0. The Morgan fingerprint density at radius 3 is 2.50 bits per heavy atom. The zero-order valence-electron chi connectivity index (χ0n) is 8.77. The number of hydrogen-bond donors (Lipinski definition) is 3. The zero-order chi connectivity index (χ0) is 11.8. The van der Waals surface area contributed by atoms with Crippen molar-refractivity contribution >= 4 is 17.7 Å². The number of rotatable bonds is 5. The van der Waals surface area contributed by atoms with Gasteiger partial charge in [0.05, 0.1) is 0 Å². The lowest BCUT2D eigenvalue weighted by Gasteiger charge is -2.04. The van der Waals surface area contributed by atoms with Crippen molar-refractivity contribution in [3.63, 3.8) is 0 Å². The molecule has 0 spiro atoms. The Balaban J connectivity index is 2.19. The molecule has 0 heterocycles. The lowest BCUT2D eigenvalue weighted by atomic mass is 10.2. The number of carboxylic acid groups (broad SMARTS) is 1. The second-order valence-electron chi connectivity index (χ2n) is 3.25. The van der Waals surface area contributed by atoms with E-state index in [1.54, 1.807) is 12.1 Å². The van der Waals surface area contributed by atoms with Gasteiger partial charge in [-0.05, 0) is 18.6 Å². The van der Waals surface area contributed by atoms with Crippen LogP contribution in [0.1, 0.15) is 12.8 Å². The molecule has 0 aliphatic carbocycles. The molecule has 0 bridgehead atoms. The molecule has 0 aliphatic rings. The molecule has 0 aromatic heterocycles. The summed E-state index contributed by atoms with van der Waals surface area (Å²) in [4.78, 5) is 21.5. The SMILES string of the molecule is O=C(O)NCCCC(=O)Nc1ccccc1. The van der Waals surface area contributed by atoms with Gasteiger partial charge in [-0.25, -0.2) is 4.79 Å². The van der Waals surface area contributed by atoms with Crippen molar-refractivity contribution in [1.82, 2.24) is 5.32 Å². The van der Waals surface area contributed by atoms with Crippen molar-refractivity contribution in [3.05, 3.63) is 30.3 Å². The maximum absolute atomic E-state index is 11.4. The van der Waals surface area contributed by atoms with Crippen molar-refractivity contribution in [2.24, 2.45) is 0 Å². The topological polar surface area (TPSA) is 78.4 Å². The van der Waals surface area contributed by atoms with Crippen LogP contribution >= 0.6 is 0 Å². The average molecular weight is 222 g/mol. The highest BCUT2D eigenvalue weighted by molar-refractivity contribution is 5.90. The molecule has 0 saturated carbocycles. The predicted molar refractivity (Wildman–Crippen MR) is 60.3 cm³/mol. The highest BCUT2D eigenvalue weighted by Gasteiger charge is 2.02. The van der Waals surface area contributed by atoms with E-state index in [1.807, 2.05) is 18.2 Å². The molecule has 0 radical (unpaired) electrons. The summed E-state index contributed by atoms with van der Waals surface area (Å²) in [6, 6.07) is 9.14. The molecule has 3 N–H and O–H groups in total. The highest BCUT2D eigenvalue weighted by Crippen LogP contribution is 2.05. The third-order valence-corrected chi connectivity index (χ3v) is 1.91. The number of hydrogen-bond acceptors (Lipinski definition) is 2. The summed E-state index contributed by atoms with van der Waals surface area (Å²) in [6.45, 7) is 0.289. The predicted octanol–water partition coefficient (Wildman–Crippen LogP) is 1.67. The number of para-hydroxylation sites is 1. The monoisotopic (exact) mass is 222 g/mol. The van der Waals surface area contributed by atoms with Gasteiger partial charge in [-0.15, -0.1) is 0 Å². The molecule has 1 rings (SSSR count). The lowest BCUT2D eigenvalue weighted by molar-refractivity contribution is -0.116. The maximum Gasteiger partial charge on any atom is 0.404 e. The smallest absolute Gasteiger partial charge is 0.404 e. The molecule has 0 unspecified atom stereocenters. The second kappa shape index (κ2) is 6.44. The molecular formula is C11H14N2O3. The van der Waals surface area contributed by atoms with Gasteiger partial charge in [0.2, 0.25) is 5.91 Å². The molecule has 1 aromatic carbocycles. The molecule has 5 heteroatoms. The van der Waals surface area contributed by atoms with Crippen molar-refractivity contribution in [2.45, 2.75) is 12.8 Å². The summed E-state index contributed by atoms with van der Waals surface area (Å²) in [5.41, 5.74) is 0.749. The summed E-state index contributed by atoms with van der Waals surface area (Å²) in [6.07, 6.45) is -0.274. The van der Waals surface area contributed by atoms with Crippen molar-refractivity contribution in [2.75, 3.05) is 11.9 Å². The number of carbonyl (C=O) groups excluding carboxylic acids is 1. The van der Waals surface area contributed by atoms with Gasteiger partial charge in [-0.2, -0.15) is 0 Å². The molecule has 16 heavy (non-hydrogen) atoms. The van der Waals surface area contributed by atoms with E-state index in [0.29, 0.717) is 12.8 Å². The molecule has 1 aromatic rings. The van der Waals surface area contributed by atoms with Gasteiger partial charge in [-0.1, -0.05) is 18.2 Å². The Hall–Kier alpha value is -2.04. The number of nitrogens with one attached hydrogen (secondary N) is 2. The Labute approximate surface area is 93.5 Å². The van der Waals surface area contributed by atoms with Gasteiger partial charge in [0.1, 0.15) is 0 Å². The van der Waals surface area contributed by atoms with Gasteiger partial charge in [0, 0.05) is 18.7 Å². The van der Waals surface area contributed by atoms with E-state index >= 15 is 0 Å². The van der Waals surface area contributed by atoms with Gasteiger partial charge < -0.3 is 15.7 Å². The molecule has 0 atom stereocenters. The van der Waals surface area contributed by atoms with Crippen LogP contribution in [-0.2, 0) is 4.79 Å². The van der Waals surface area contributed by atoms with Gasteiger partial charge in [0.15, 0.2) is 0 Å². The minimum Gasteiger partial charge on any atom is -0.465 e. The first-order chi connectivity index (χ1) is 7.68. The minimum absolute atomic E-state index is 0.113. The van der Waals surface area contributed by atoms with E-state index in [2.05, 4.69) is 10.6 Å². The number of benzene rings is 1. The van der Waals surface area contributed by atoms with E-state index < -0.39 is 6.09 Å². The summed E-state index contributed by atoms with van der Waals surface area (Å²) >= 11 is 0. The summed E-state index contributed by atoms with van der Waals surface area (Å²) in [5.74, 6) is -0.113. The molecule has 0 aliphatic heterocycles. The lowest BCUT2D eigenvalue weighted by Crippen LogP contribution is -2.23. The van der Waals surface area contributed by atoms with Crippen LogP contribution in [0.2, 0.25) is 0 Å². The molecular weight excluding hydrogens is 208 g/mol. The fourth-order valence-electron chi connectivity index (χ4n) is 1.19. The normalized spacial score (nSPS) is 9.50. The molecule has 2 amide bonds. The van der Waals surface area contributed by atoms with Crippen molar-refractivity contribution in [1.29, 1.82) is 0 Å². The average Bonchev–Trinajstić information content (AvgIpc) is 2.25. The van der Waals surface area contributed by atoms with Crippen LogP contribution in [0.15, 0.2) is 30.3 Å². The quantitative estimate of drug-likeness (QED) is 0.663. The van der Waals surface area contributed by atoms with Crippen molar-refractivity contribution in [3.8, 4) is 0 Å². The van der Waals surface area contributed by atoms with Crippen LogP contribution in [-0.4, -0.2) is 23.7 Å². The summed E-state index contributed by atoms with van der Waals surface area (Å²) in [7, 11) is 0. The zero-order valence-corrected chi connectivity index (χ0v) is 8.77. The maximum atomic E-state index is 11.4. The highest BCUT2D eigenvalue weighted by atomic mass is 16.4. The van der Waals surface area contributed by atoms with Gasteiger partial charge >= 0.3 is 6.09 Å². The molecule has 86 valence electrons. The van der Waals surface area contributed by atoms with Crippen LogP contribution < -0.4 is 10.6 Å². The first-order valence-corrected chi connectivity index (χ1v) is 5.00. The molecule has 0 saturated heterocycles. The van der Waals surface area contributed by atoms with E-state index in [9.17, 15) is 9.59 Å². The van der Waals surface area contributed by atoms with Crippen LogP contribution in [0.25, 0.3) is 0 Å². The van der Waals surface area contributed by atoms with E-state index in [1.165, 1.54) is 0 Å². The van der Waals surface area contributed by atoms with Crippen LogP contribution in [0.3, 0.4) is 0 Å². The molecule has 0 fully saturated rings. The number of carbonyl (C=O) groups is 2. The van der Waals surface area contributed by atoms with Crippen LogP contribution in [0.5, 0.6) is 0 Å². The third kappa shape index (κ3) is 4.99. The van der Waals surface area contributed by atoms with E-state index in [4.69, 9.17) is 5.11 Å². The van der Waals surface area contributed by atoms with Gasteiger partial charge in [0.25, 0.3) is 0 Å². The molecule has 5 nitrogen and oxygen atoms in total. The van der Waals surface area contributed by atoms with E-state index in [-0.39, 0.29) is 12.5 Å². The fourth-order valence-corrected chi connectivity index (χ4v) is 1.19. The standard InChI is InChI=1S/C11H14N2O3/c14-10(7-4-8-12-11(15)16)13-9-5-2-1-3-6-9/h1-3,5-6,12H,4,7-8H2,(H,13,14)(H,15,16). The first-order valence-electron chi connectivity index (χ1n) is 5.00. The Kier molecular flexibility index (Phi) is 4.85. The Morgan fingerprint density at radius 1 is 1.19 bits per heavy atom. The van der Waals surface area contributed by atoms with Crippen molar-refractivity contribution < 1.29 is 14.7 Å². The van der Waals surface area contributed by atoms with Gasteiger partial charge in [-0.3, -0.25) is 4.79 Å². The Bertz CT molecular complexity index is 352. The number of amides is 2. The van der Waals surface area contributed by atoms with E-state index in [0.717, 1.165) is 5.69 Å². The fraction of sp³-hybridized carbons (Fsp3) is 0.273. The number of anilines is 1. The Morgan fingerprint density at radius 2 is 1.88 bits per heavy atom. The minimum atomic E-state index is -1.07. The first kappa shape index (κ1) is 12.0.